The molecule has 0 spiro atoms. The Balaban J connectivity index is 3.23. The van der Waals surface area contributed by atoms with E-state index in [1.807, 2.05) is 0 Å². The maximum Gasteiger partial charge on any atom is 0.283 e. The molecule has 0 nitrogen and oxygen atoms in total. The fourth-order valence-electron chi connectivity index (χ4n) is 1.24. The molecule has 84 valence electrons. The fraction of sp³-hybridized carbons (Fsp3) is 0.400. The quantitative estimate of drug-likeness (QED) is 0.549. The van der Waals surface area contributed by atoms with Crippen molar-refractivity contribution in [2.75, 3.05) is 0 Å². The third-order valence-corrected chi connectivity index (χ3v) is 2.39. The summed E-state index contributed by atoms with van der Waals surface area (Å²) < 4.78 is 50.7. The van der Waals surface area contributed by atoms with Crippen LogP contribution in [0.3, 0.4) is 0 Å². The Bertz CT molecular complexity index is 344. The van der Waals surface area contributed by atoms with Crippen molar-refractivity contribution >= 4 is 9.24 Å². The Morgan fingerprint density at radius 3 is 2.27 bits per heavy atom. The minimum absolute atomic E-state index is 0.355. The number of halogens is 4. The normalized spacial score (nSPS) is 12.2. The molecule has 0 radical (unpaired) electrons. The van der Waals surface area contributed by atoms with Gasteiger partial charge in [0, 0.05) is 11.1 Å². The average Bonchev–Trinajstić information content (AvgIpc) is 2.15. The van der Waals surface area contributed by atoms with Crippen LogP contribution in [0.25, 0.3) is 0 Å². The summed E-state index contributed by atoms with van der Waals surface area (Å²) in [5.74, 6) is 0. The van der Waals surface area contributed by atoms with Gasteiger partial charge in [0.1, 0.15) is 0 Å². The largest absolute Gasteiger partial charge is 0.283 e. The third kappa shape index (κ3) is 3.16. The van der Waals surface area contributed by atoms with Gasteiger partial charge in [0.2, 0.25) is 0 Å². The Hall–Kier alpha value is -0.630. The lowest BCUT2D eigenvalue weighted by Gasteiger charge is -2.13. The summed E-state index contributed by atoms with van der Waals surface area (Å²) in [5, 5.41) is 0. The molecule has 0 aliphatic heterocycles. The van der Waals surface area contributed by atoms with E-state index in [0.717, 1.165) is 6.07 Å². The Kier molecular flexibility index (Phi) is 3.72. The molecule has 1 unspecified atom stereocenters. The lowest BCUT2D eigenvalue weighted by Crippen LogP contribution is -2.04. The highest BCUT2D eigenvalue weighted by Gasteiger charge is 2.26. The van der Waals surface area contributed by atoms with Gasteiger partial charge < -0.3 is 0 Å². The van der Waals surface area contributed by atoms with E-state index in [-0.39, 0.29) is 11.1 Å². The molecule has 0 bridgehead atoms. The second-order valence-corrected chi connectivity index (χ2v) is 3.97. The molecule has 0 amide bonds. The van der Waals surface area contributed by atoms with Crippen LogP contribution in [0.1, 0.15) is 30.0 Å². The predicted octanol–water partition coefficient (Wildman–Crippen LogP) is 4.11. The van der Waals surface area contributed by atoms with Crippen LogP contribution in [0, 0.1) is 0 Å². The monoisotopic (exact) mass is 238 g/mol. The fourth-order valence-corrected chi connectivity index (χ4v) is 1.41. The van der Waals surface area contributed by atoms with Gasteiger partial charge in [0.15, 0.2) is 0 Å². The van der Waals surface area contributed by atoms with Gasteiger partial charge in [-0.15, -0.1) is 0 Å². The molecule has 0 saturated heterocycles. The van der Waals surface area contributed by atoms with Crippen LogP contribution in [0.5, 0.6) is 0 Å². The first-order chi connectivity index (χ1) is 6.84. The van der Waals surface area contributed by atoms with Crippen molar-refractivity contribution in [2.24, 2.45) is 0 Å². The van der Waals surface area contributed by atoms with Crippen LogP contribution >= 0.6 is 9.24 Å². The summed E-state index contributed by atoms with van der Waals surface area (Å²) in [6, 6.07) is 3.35. The summed E-state index contributed by atoms with van der Waals surface area (Å²) in [4.78, 5) is 0. The smallest absolute Gasteiger partial charge is 0.205 e. The van der Waals surface area contributed by atoms with Crippen LogP contribution in [0.2, 0.25) is 0 Å². The zero-order valence-electron chi connectivity index (χ0n) is 8.11. The van der Waals surface area contributed by atoms with Crippen LogP contribution in [0.15, 0.2) is 18.2 Å². The first-order valence-electron chi connectivity index (χ1n) is 4.43. The number of benzene rings is 1. The zero-order valence-corrected chi connectivity index (χ0v) is 9.26. The maximum absolute atomic E-state index is 12.9. The molecule has 1 atom stereocenters. The molecular weight excluding hydrogens is 227 g/mol. The van der Waals surface area contributed by atoms with E-state index in [2.05, 4.69) is 0 Å². The van der Waals surface area contributed by atoms with E-state index in [9.17, 15) is 17.6 Å². The zero-order chi connectivity index (χ0) is 11.6. The van der Waals surface area contributed by atoms with Crippen molar-refractivity contribution in [3.05, 3.63) is 34.9 Å². The van der Waals surface area contributed by atoms with Gasteiger partial charge in [-0.2, -0.15) is 8.78 Å². The molecule has 15 heavy (non-hydrogen) atoms. The summed E-state index contributed by atoms with van der Waals surface area (Å²) in [6.07, 6.45) is -2.27. The second-order valence-electron chi connectivity index (χ2n) is 3.24. The highest BCUT2D eigenvalue weighted by molar-refractivity contribution is 7.17. The van der Waals surface area contributed by atoms with Gasteiger partial charge in [0.25, 0.3) is 12.1 Å². The standard InChI is InChI=1S/C10H11F4P/c1-2-6-3-7(9(11)12)5-8(4-6)10(13,14)15/h3-5,9H,2,15H2,1H3. The molecule has 0 N–H and O–H groups in total. The number of rotatable bonds is 3. The van der Waals surface area contributed by atoms with Gasteiger partial charge in [-0.1, -0.05) is 22.2 Å². The van der Waals surface area contributed by atoms with Crippen molar-refractivity contribution in [3.8, 4) is 0 Å². The summed E-state index contributed by atoms with van der Waals surface area (Å²) in [7, 11) is 1.35. The molecule has 1 rings (SSSR count). The number of alkyl halides is 4. The minimum atomic E-state index is -3.16. The van der Waals surface area contributed by atoms with Crippen molar-refractivity contribution in [3.63, 3.8) is 0 Å². The van der Waals surface area contributed by atoms with Gasteiger partial charge in [-0.25, -0.2) is 8.78 Å². The van der Waals surface area contributed by atoms with Gasteiger partial charge in [-0.05, 0) is 24.1 Å². The minimum Gasteiger partial charge on any atom is -0.205 e. The molecule has 1 aromatic carbocycles. The Morgan fingerprint density at radius 1 is 1.27 bits per heavy atom. The highest BCUT2D eigenvalue weighted by Crippen LogP contribution is 2.37. The number of hydrogen-bond acceptors (Lipinski definition) is 0. The molecule has 1 aromatic rings. The topological polar surface area (TPSA) is 0 Å². The van der Waals surface area contributed by atoms with Crippen LogP contribution in [0.4, 0.5) is 17.6 Å². The second kappa shape index (κ2) is 4.48. The predicted molar refractivity (Wildman–Crippen MR) is 54.4 cm³/mol. The molecule has 0 heterocycles. The Labute approximate surface area is 87.9 Å². The van der Waals surface area contributed by atoms with E-state index in [1.54, 1.807) is 6.92 Å². The summed E-state index contributed by atoms with van der Waals surface area (Å²) in [6.45, 7) is 1.73. The average molecular weight is 238 g/mol. The van der Waals surface area contributed by atoms with E-state index in [0.29, 0.717) is 12.0 Å². The van der Waals surface area contributed by atoms with Crippen molar-refractivity contribution in [1.29, 1.82) is 0 Å². The highest BCUT2D eigenvalue weighted by atomic mass is 31.0. The van der Waals surface area contributed by atoms with Crippen LogP contribution in [-0.2, 0) is 12.1 Å². The molecule has 0 fully saturated rings. The summed E-state index contributed by atoms with van der Waals surface area (Å²) in [5.41, 5.74) is -3.41. The lowest BCUT2D eigenvalue weighted by molar-refractivity contribution is 0.103. The lowest BCUT2D eigenvalue weighted by atomic mass is 10.0. The van der Waals surface area contributed by atoms with Crippen LogP contribution in [-0.4, -0.2) is 0 Å². The van der Waals surface area contributed by atoms with Crippen LogP contribution < -0.4 is 0 Å². The molecule has 0 saturated carbocycles. The van der Waals surface area contributed by atoms with Crippen molar-refractivity contribution in [2.45, 2.75) is 25.4 Å². The summed E-state index contributed by atoms with van der Waals surface area (Å²) >= 11 is 0. The molecular formula is C10H11F4P. The number of aryl methyl sites for hydroxylation is 1. The molecule has 5 heteroatoms. The third-order valence-electron chi connectivity index (χ3n) is 2.06. The van der Waals surface area contributed by atoms with Gasteiger partial charge >= 0.3 is 0 Å². The first-order valence-corrected chi connectivity index (χ1v) is 5.01. The van der Waals surface area contributed by atoms with Gasteiger partial charge in [-0.3, -0.25) is 0 Å². The van der Waals surface area contributed by atoms with E-state index >= 15 is 0 Å². The van der Waals surface area contributed by atoms with E-state index in [1.165, 1.54) is 21.4 Å². The van der Waals surface area contributed by atoms with Crippen molar-refractivity contribution in [1.82, 2.24) is 0 Å². The molecule has 0 aliphatic rings. The van der Waals surface area contributed by atoms with E-state index < -0.39 is 12.1 Å². The molecule has 0 aliphatic carbocycles. The number of hydrogen-bond donors (Lipinski definition) is 0. The van der Waals surface area contributed by atoms with E-state index in [4.69, 9.17) is 0 Å². The molecule has 0 aromatic heterocycles. The van der Waals surface area contributed by atoms with Crippen molar-refractivity contribution < 1.29 is 17.6 Å². The SMILES string of the molecule is CCc1cc(C(F)F)cc(C(F)(F)P)c1. The Morgan fingerprint density at radius 2 is 1.87 bits per heavy atom. The maximum atomic E-state index is 12.9. The van der Waals surface area contributed by atoms with Gasteiger partial charge in [0.05, 0.1) is 0 Å². The first kappa shape index (κ1) is 12.4.